The van der Waals surface area contributed by atoms with Gasteiger partial charge in [-0.3, -0.25) is 4.79 Å². The molecule has 0 saturated carbocycles. The van der Waals surface area contributed by atoms with Gasteiger partial charge in [0.05, 0.1) is 6.72 Å². The third-order valence-corrected chi connectivity index (χ3v) is 0.222. The number of hydrogen-bond acceptors (Lipinski definition) is 2. The first kappa shape index (κ1) is 5.14. The summed E-state index contributed by atoms with van der Waals surface area (Å²) >= 11 is 0. The highest BCUT2D eigenvalue weighted by molar-refractivity contribution is 5.72. The summed E-state index contributed by atoms with van der Waals surface area (Å²) in [6.07, 6.45) is 0. The van der Waals surface area contributed by atoms with E-state index in [0.29, 0.717) is 0 Å². The van der Waals surface area contributed by atoms with Gasteiger partial charge < -0.3 is 0 Å². The first-order valence-corrected chi connectivity index (χ1v) is 1.44. The highest BCUT2D eigenvalue weighted by atomic mass is 16.2. The summed E-state index contributed by atoms with van der Waals surface area (Å²) in [7, 11) is 0. The third kappa shape index (κ3) is 3.14. The van der Waals surface area contributed by atoms with Crippen LogP contribution in [0.4, 0.5) is 0 Å². The van der Waals surface area contributed by atoms with E-state index in [1.165, 1.54) is 6.92 Å². The summed E-state index contributed by atoms with van der Waals surface area (Å²) in [4.78, 5) is 9.76. The molecule has 0 aliphatic heterocycles. The van der Waals surface area contributed by atoms with Gasteiger partial charge in [0.1, 0.15) is 0 Å². The maximum Gasteiger partial charge on any atom is 0.236 e. The molecular weight excluding hydrogens is 80.0 g/mol. The van der Waals surface area contributed by atoms with Gasteiger partial charge in [-0.1, -0.05) is 0 Å². The number of amides is 1. The highest BCUT2D eigenvalue weighted by Gasteiger charge is 1.77. The summed E-state index contributed by atoms with van der Waals surface area (Å²) in [6.45, 7) is 5.85. The number of hydrazone groups is 1. The Hall–Kier alpha value is -0.860. The van der Waals surface area contributed by atoms with Gasteiger partial charge in [0.2, 0.25) is 5.91 Å². The lowest BCUT2D eigenvalue weighted by Crippen LogP contribution is -2.10. The molecule has 0 rings (SSSR count). The Morgan fingerprint density at radius 2 is 2.50 bits per heavy atom. The second-order valence-electron chi connectivity index (χ2n) is 0.797. The van der Waals surface area contributed by atoms with Crippen LogP contribution in [0.5, 0.6) is 0 Å². The zero-order chi connectivity index (χ0) is 4.99. The number of nitrogens with one attached hydrogen (secondary N) is 1. The second-order valence-corrected chi connectivity index (χ2v) is 0.797. The topological polar surface area (TPSA) is 41.5 Å². The molecule has 3 nitrogen and oxygen atoms in total. The number of rotatable bonds is 1. The number of carbonyl (C=O) groups excluding carboxylic acids is 1. The molecule has 0 aromatic heterocycles. The first-order valence-electron chi connectivity index (χ1n) is 1.44. The van der Waals surface area contributed by atoms with E-state index in [-0.39, 0.29) is 5.91 Å². The Morgan fingerprint density at radius 3 is 2.50 bits per heavy atom. The van der Waals surface area contributed by atoms with E-state index in [1.807, 2.05) is 5.43 Å². The third-order valence-electron chi connectivity index (χ3n) is 0.222. The molecule has 33 valence electrons. The molecule has 0 saturated heterocycles. The first-order chi connectivity index (χ1) is 2.77. The fourth-order valence-electron chi connectivity index (χ4n) is 0.0909. The van der Waals surface area contributed by atoms with Crippen molar-refractivity contribution >= 4 is 12.6 Å². The Balaban J connectivity index is 3.05. The summed E-state index contributed by atoms with van der Waals surface area (Å²) in [5, 5.41) is 2.84. The fraction of sp³-hybridized carbons (Fsp3) is 0.333. The lowest BCUT2D eigenvalue weighted by molar-refractivity contribution is -0.118. The van der Waals surface area contributed by atoms with E-state index >= 15 is 0 Å². The van der Waals surface area contributed by atoms with Crippen LogP contribution >= 0.6 is 0 Å². The average Bonchev–Trinajstić information content (AvgIpc) is 1.35. The van der Waals surface area contributed by atoms with E-state index < -0.39 is 0 Å². The van der Waals surface area contributed by atoms with Gasteiger partial charge in [0.25, 0.3) is 0 Å². The van der Waals surface area contributed by atoms with Gasteiger partial charge in [-0.25, -0.2) is 5.43 Å². The molecule has 1 N–H and O–H groups in total. The van der Waals surface area contributed by atoms with E-state index in [1.54, 1.807) is 0 Å². The minimum Gasteiger partial charge on any atom is -0.274 e. The fourth-order valence-corrected chi connectivity index (χ4v) is 0.0909. The van der Waals surface area contributed by atoms with Crippen LogP contribution in [0.15, 0.2) is 5.10 Å². The molecule has 6 heavy (non-hydrogen) atoms. The van der Waals surface area contributed by atoms with Gasteiger partial charge in [0.15, 0.2) is 0 Å². The zero-order valence-corrected chi connectivity index (χ0v) is 3.43. The molecule has 0 aliphatic rings. The molecule has 1 radical (unpaired) electrons. The molecule has 0 heterocycles. The lowest BCUT2D eigenvalue weighted by atomic mass is 10.8. The van der Waals surface area contributed by atoms with Crippen molar-refractivity contribution < 1.29 is 4.79 Å². The number of carbonyl (C=O) groups is 1. The Bertz CT molecular complexity index is 69.2. The van der Waals surface area contributed by atoms with Crippen LogP contribution in [0.25, 0.3) is 0 Å². The Kier molecular flexibility index (Phi) is 2.04. The van der Waals surface area contributed by atoms with Crippen molar-refractivity contribution in [2.75, 3.05) is 0 Å². The lowest BCUT2D eigenvalue weighted by Gasteiger charge is -1.82. The van der Waals surface area contributed by atoms with Crippen LogP contribution in [0.1, 0.15) is 6.92 Å². The van der Waals surface area contributed by atoms with E-state index in [0.717, 1.165) is 0 Å². The Morgan fingerprint density at radius 1 is 2.00 bits per heavy atom. The minimum atomic E-state index is -0.252. The van der Waals surface area contributed by atoms with Crippen molar-refractivity contribution in [3.05, 3.63) is 0 Å². The molecule has 3 heteroatoms. The van der Waals surface area contributed by atoms with Crippen molar-refractivity contribution in [3.8, 4) is 0 Å². The van der Waals surface area contributed by atoms with Crippen molar-refractivity contribution in [1.29, 1.82) is 0 Å². The maximum atomic E-state index is 9.76. The van der Waals surface area contributed by atoms with Gasteiger partial charge in [0, 0.05) is 6.92 Å². The molecule has 0 bridgehead atoms. The van der Waals surface area contributed by atoms with Crippen molar-refractivity contribution in [1.82, 2.24) is 5.43 Å². The molecule has 0 aromatic rings. The molecule has 0 fully saturated rings. The molecule has 0 aromatic carbocycles. The summed E-state index contributed by atoms with van der Waals surface area (Å²) in [5.74, 6) is -0.252. The normalized spacial score (nSPS) is 6.83. The van der Waals surface area contributed by atoms with E-state index in [2.05, 4.69) is 11.8 Å². The molecule has 0 unspecified atom stereocenters. The van der Waals surface area contributed by atoms with Crippen LogP contribution in [0.3, 0.4) is 0 Å². The molecule has 0 aliphatic carbocycles. The largest absolute Gasteiger partial charge is 0.274 e. The average molecular weight is 85.1 g/mol. The monoisotopic (exact) mass is 85.0 g/mol. The van der Waals surface area contributed by atoms with Crippen molar-refractivity contribution in [2.24, 2.45) is 5.10 Å². The van der Waals surface area contributed by atoms with Crippen LogP contribution in [-0.4, -0.2) is 12.6 Å². The smallest absolute Gasteiger partial charge is 0.236 e. The second kappa shape index (κ2) is 2.38. The number of hydrogen-bond donors (Lipinski definition) is 1. The SMILES string of the molecule is [CH]=NNC(C)=O. The predicted octanol–water partition coefficient (Wildman–Crippen LogP) is -0.385. The van der Waals surface area contributed by atoms with Crippen molar-refractivity contribution in [2.45, 2.75) is 6.92 Å². The standard InChI is InChI=1S/C3H5N2O/c1-3(6)5-4-2/h2H,1H3,(H,5,6). The molecule has 0 atom stereocenters. The van der Waals surface area contributed by atoms with Gasteiger partial charge in [-0.15, -0.1) is 0 Å². The minimum absolute atomic E-state index is 0.252. The maximum absolute atomic E-state index is 9.76. The Labute approximate surface area is 36.0 Å². The van der Waals surface area contributed by atoms with Crippen LogP contribution in [0.2, 0.25) is 0 Å². The number of nitrogens with zero attached hydrogens (tertiary/aromatic N) is 1. The van der Waals surface area contributed by atoms with Crippen LogP contribution < -0.4 is 5.43 Å². The zero-order valence-electron chi connectivity index (χ0n) is 3.43. The van der Waals surface area contributed by atoms with E-state index in [9.17, 15) is 4.79 Å². The summed E-state index contributed by atoms with van der Waals surface area (Å²) in [5.41, 5.74) is 1.97. The molecule has 0 spiro atoms. The van der Waals surface area contributed by atoms with Crippen molar-refractivity contribution in [3.63, 3.8) is 0 Å². The highest BCUT2D eigenvalue weighted by Crippen LogP contribution is 1.52. The molecular formula is C3H5N2O. The van der Waals surface area contributed by atoms with Gasteiger partial charge >= 0.3 is 0 Å². The van der Waals surface area contributed by atoms with Gasteiger partial charge in [-0.2, -0.15) is 5.10 Å². The van der Waals surface area contributed by atoms with Crippen LogP contribution in [-0.2, 0) is 4.79 Å². The summed E-state index contributed by atoms with van der Waals surface area (Å²) in [6, 6.07) is 0. The summed E-state index contributed by atoms with van der Waals surface area (Å²) < 4.78 is 0. The van der Waals surface area contributed by atoms with Crippen LogP contribution in [0, 0.1) is 0 Å². The quantitative estimate of drug-likeness (QED) is 0.342. The predicted molar refractivity (Wildman–Crippen MR) is 22.3 cm³/mol. The van der Waals surface area contributed by atoms with E-state index in [4.69, 9.17) is 0 Å². The molecule has 1 amide bonds. The van der Waals surface area contributed by atoms with Gasteiger partial charge in [-0.05, 0) is 0 Å².